The van der Waals surface area contributed by atoms with Gasteiger partial charge in [0, 0.05) is 12.1 Å². The Hall–Kier alpha value is -2.87. The average Bonchev–Trinajstić information content (AvgIpc) is 2.71. The maximum absolute atomic E-state index is 12.6. The van der Waals surface area contributed by atoms with Gasteiger partial charge in [-0.3, -0.25) is 4.79 Å². The van der Waals surface area contributed by atoms with Gasteiger partial charge in [-0.25, -0.2) is 13.1 Å². The molecule has 0 atom stereocenters. The number of sulfonamides is 1. The molecule has 0 aliphatic rings. The van der Waals surface area contributed by atoms with Gasteiger partial charge in [0.25, 0.3) is 5.91 Å². The molecule has 0 saturated heterocycles. The summed E-state index contributed by atoms with van der Waals surface area (Å²) in [5.41, 5.74) is 0.773. The summed E-state index contributed by atoms with van der Waals surface area (Å²) in [7, 11) is -3.57. The normalized spacial score (nSPS) is 11.1. The number of hydrogen-bond donors (Lipinski definition) is 2. The summed E-state index contributed by atoms with van der Waals surface area (Å²) in [6.45, 7) is 1.98. The number of ether oxygens (including phenoxy) is 1. The molecule has 1 amide bonds. The highest BCUT2D eigenvalue weighted by atomic mass is 35.5. The van der Waals surface area contributed by atoms with E-state index in [1.54, 1.807) is 55.5 Å². The molecule has 2 N–H and O–H groups in total. The van der Waals surface area contributed by atoms with Crippen molar-refractivity contribution >= 4 is 33.2 Å². The van der Waals surface area contributed by atoms with E-state index < -0.39 is 15.9 Å². The van der Waals surface area contributed by atoms with Crippen LogP contribution in [0.2, 0.25) is 5.02 Å². The number of hydrogen-bond acceptors (Lipinski definition) is 4. The van der Waals surface area contributed by atoms with Gasteiger partial charge in [-0.1, -0.05) is 42.8 Å². The Kier molecular flexibility index (Phi) is 6.53. The van der Waals surface area contributed by atoms with Crippen molar-refractivity contribution in [3.63, 3.8) is 0 Å². The third-order valence-electron chi connectivity index (χ3n) is 3.95. The number of carbonyl (C=O) groups is 1. The molecule has 0 bridgehead atoms. The fourth-order valence-electron chi connectivity index (χ4n) is 2.56. The number of anilines is 1. The summed E-state index contributed by atoms with van der Waals surface area (Å²) in [5.74, 6) is 0.502. The Bertz CT molecular complexity index is 1120. The van der Waals surface area contributed by atoms with Crippen LogP contribution in [0.1, 0.15) is 17.3 Å². The first-order chi connectivity index (χ1) is 13.9. The fraction of sp³-hybridized carbons (Fsp3) is 0.0952. The van der Waals surface area contributed by atoms with Crippen molar-refractivity contribution in [2.45, 2.75) is 11.8 Å². The molecular weight excluding hydrogens is 412 g/mol. The molecule has 8 heteroatoms. The molecule has 0 spiro atoms. The van der Waals surface area contributed by atoms with Crippen LogP contribution in [0.5, 0.6) is 11.5 Å². The largest absolute Gasteiger partial charge is 0.454 e. The van der Waals surface area contributed by atoms with Crippen molar-refractivity contribution in [3.05, 3.63) is 83.4 Å². The minimum Gasteiger partial charge on any atom is -0.454 e. The predicted molar refractivity (Wildman–Crippen MR) is 113 cm³/mol. The van der Waals surface area contributed by atoms with Crippen LogP contribution >= 0.6 is 11.6 Å². The van der Waals surface area contributed by atoms with Crippen LogP contribution in [-0.2, 0) is 10.0 Å². The third-order valence-corrected chi connectivity index (χ3v) is 5.83. The Balaban J connectivity index is 1.79. The molecule has 150 valence electrons. The molecule has 0 unspecified atom stereocenters. The quantitative estimate of drug-likeness (QED) is 0.569. The molecule has 29 heavy (non-hydrogen) atoms. The highest BCUT2D eigenvalue weighted by Crippen LogP contribution is 2.33. The van der Waals surface area contributed by atoms with Crippen LogP contribution in [0.25, 0.3) is 0 Å². The van der Waals surface area contributed by atoms with E-state index in [0.29, 0.717) is 27.8 Å². The lowest BCUT2D eigenvalue weighted by molar-refractivity contribution is 0.102. The van der Waals surface area contributed by atoms with Gasteiger partial charge in [-0.2, -0.15) is 0 Å². The minimum absolute atomic E-state index is 0.0957. The van der Waals surface area contributed by atoms with Crippen molar-refractivity contribution < 1.29 is 17.9 Å². The summed E-state index contributed by atoms with van der Waals surface area (Å²) in [5, 5.41) is 3.23. The summed E-state index contributed by atoms with van der Waals surface area (Å²) in [6, 6.07) is 19.7. The highest BCUT2D eigenvalue weighted by Gasteiger charge is 2.15. The van der Waals surface area contributed by atoms with E-state index in [1.165, 1.54) is 24.3 Å². The molecule has 0 aliphatic heterocycles. The number of rotatable bonds is 7. The molecule has 0 heterocycles. The fourth-order valence-corrected chi connectivity index (χ4v) is 3.77. The third kappa shape index (κ3) is 5.14. The van der Waals surface area contributed by atoms with E-state index in [1.807, 2.05) is 0 Å². The molecule has 3 rings (SSSR count). The lowest BCUT2D eigenvalue weighted by atomic mass is 10.2. The van der Waals surface area contributed by atoms with Crippen molar-refractivity contribution in [2.24, 2.45) is 0 Å². The Morgan fingerprint density at radius 1 is 0.931 bits per heavy atom. The van der Waals surface area contributed by atoms with Crippen LogP contribution in [0.3, 0.4) is 0 Å². The van der Waals surface area contributed by atoms with Crippen LogP contribution in [-0.4, -0.2) is 20.9 Å². The van der Waals surface area contributed by atoms with Crippen molar-refractivity contribution in [3.8, 4) is 11.5 Å². The van der Waals surface area contributed by atoms with Crippen molar-refractivity contribution in [1.29, 1.82) is 0 Å². The van der Waals surface area contributed by atoms with Gasteiger partial charge in [0.15, 0.2) is 5.75 Å². The standard InChI is InChI=1S/C21H19ClN2O4S/c1-2-23-29(26,27)16-13-11-15(12-14-16)21(25)24-18-8-4-6-10-20(18)28-19-9-5-3-7-17(19)22/h3-14,23H,2H2,1H3,(H,24,25). The van der Waals surface area contributed by atoms with Gasteiger partial charge in [0.1, 0.15) is 5.75 Å². The molecule has 0 saturated carbocycles. The predicted octanol–water partition coefficient (Wildman–Crippen LogP) is 4.68. The first-order valence-corrected chi connectivity index (χ1v) is 10.7. The lowest BCUT2D eigenvalue weighted by Crippen LogP contribution is -2.23. The van der Waals surface area contributed by atoms with Gasteiger partial charge in [0.2, 0.25) is 10.0 Å². The topological polar surface area (TPSA) is 84.5 Å². The van der Waals surface area contributed by atoms with Crippen LogP contribution in [0, 0.1) is 0 Å². The van der Waals surface area contributed by atoms with E-state index in [-0.39, 0.29) is 11.4 Å². The minimum atomic E-state index is -3.57. The zero-order valence-corrected chi connectivity index (χ0v) is 17.1. The smallest absolute Gasteiger partial charge is 0.255 e. The zero-order chi connectivity index (χ0) is 20.9. The molecule has 6 nitrogen and oxygen atoms in total. The highest BCUT2D eigenvalue weighted by molar-refractivity contribution is 7.89. The maximum atomic E-state index is 12.6. The second-order valence-corrected chi connectivity index (χ2v) is 8.18. The van der Waals surface area contributed by atoms with Crippen molar-refractivity contribution in [2.75, 3.05) is 11.9 Å². The molecule has 0 radical (unpaired) electrons. The number of benzene rings is 3. The molecule has 0 aliphatic carbocycles. The van der Waals surface area contributed by atoms with Gasteiger partial charge in [0.05, 0.1) is 15.6 Å². The first-order valence-electron chi connectivity index (χ1n) is 8.83. The lowest BCUT2D eigenvalue weighted by Gasteiger charge is -2.13. The molecule has 3 aromatic rings. The summed E-state index contributed by atoms with van der Waals surface area (Å²) in [6.07, 6.45) is 0. The van der Waals surface area contributed by atoms with E-state index in [9.17, 15) is 13.2 Å². The van der Waals surface area contributed by atoms with E-state index in [2.05, 4.69) is 10.0 Å². The Morgan fingerprint density at radius 3 is 2.21 bits per heavy atom. The first kappa shape index (κ1) is 20.9. The molecule has 0 aromatic heterocycles. The van der Waals surface area contributed by atoms with Crippen molar-refractivity contribution in [1.82, 2.24) is 4.72 Å². The second kappa shape index (κ2) is 9.09. The van der Waals surface area contributed by atoms with E-state index in [0.717, 1.165) is 0 Å². The number of carbonyl (C=O) groups excluding carboxylic acids is 1. The molecular formula is C21H19ClN2O4S. The maximum Gasteiger partial charge on any atom is 0.255 e. The second-order valence-electron chi connectivity index (χ2n) is 6.01. The van der Waals surface area contributed by atoms with Gasteiger partial charge >= 0.3 is 0 Å². The average molecular weight is 431 g/mol. The monoisotopic (exact) mass is 430 g/mol. The van der Waals surface area contributed by atoms with Crippen LogP contribution in [0.15, 0.2) is 77.7 Å². The summed E-state index contributed by atoms with van der Waals surface area (Å²) < 4.78 is 32.3. The summed E-state index contributed by atoms with van der Waals surface area (Å²) in [4.78, 5) is 12.7. The van der Waals surface area contributed by atoms with Crippen LogP contribution < -0.4 is 14.8 Å². The Labute approximate surface area is 174 Å². The van der Waals surface area contributed by atoms with Crippen LogP contribution in [0.4, 0.5) is 5.69 Å². The van der Waals surface area contributed by atoms with Gasteiger partial charge in [-0.05, 0) is 48.5 Å². The molecule has 3 aromatic carbocycles. The number of amides is 1. The Morgan fingerprint density at radius 2 is 1.55 bits per heavy atom. The zero-order valence-electron chi connectivity index (χ0n) is 15.6. The van der Waals surface area contributed by atoms with Gasteiger partial charge < -0.3 is 10.1 Å². The number of halogens is 1. The molecule has 0 fully saturated rings. The SMILES string of the molecule is CCNS(=O)(=O)c1ccc(C(=O)Nc2ccccc2Oc2ccccc2Cl)cc1. The number of nitrogens with one attached hydrogen (secondary N) is 2. The summed E-state index contributed by atoms with van der Waals surface area (Å²) >= 11 is 6.14. The van der Waals surface area contributed by atoms with Gasteiger partial charge in [-0.15, -0.1) is 0 Å². The van der Waals surface area contributed by atoms with E-state index in [4.69, 9.17) is 16.3 Å². The number of para-hydroxylation sites is 3. The van der Waals surface area contributed by atoms with E-state index >= 15 is 0 Å².